The smallest absolute Gasteiger partial charge is 0.225 e. The maximum Gasteiger partial charge on any atom is 0.225 e. The van der Waals surface area contributed by atoms with Gasteiger partial charge in [0.25, 0.3) is 0 Å². The Labute approximate surface area is 142 Å². The van der Waals surface area contributed by atoms with Crippen molar-refractivity contribution in [1.29, 1.82) is 0 Å². The van der Waals surface area contributed by atoms with Crippen LogP contribution in [0.25, 0.3) is 0 Å². The molecule has 2 rings (SSSR count). The van der Waals surface area contributed by atoms with E-state index < -0.39 is 0 Å². The molecule has 128 valence electrons. The number of para-hydroxylation sites is 1. The fourth-order valence-corrected chi connectivity index (χ4v) is 2.59. The van der Waals surface area contributed by atoms with E-state index in [-0.39, 0.29) is 18.4 Å². The third-order valence-corrected chi connectivity index (χ3v) is 3.82. The quantitative estimate of drug-likeness (QED) is 0.848. The van der Waals surface area contributed by atoms with Gasteiger partial charge >= 0.3 is 0 Å². The van der Waals surface area contributed by atoms with Crippen LogP contribution in [0.1, 0.15) is 24.1 Å². The van der Waals surface area contributed by atoms with E-state index in [0.717, 1.165) is 16.9 Å². The molecule has 0 fully saturated rings. The van der Waals surface area contributed by atoms with Gasteiger partial charge < -0.3 is 19.5 Å². The van der Waals surface area contributed by atoms with Crippen LogP contribution in [0.5, 0.6) is 17.2 Å². The lowest BCUT2D eigenvalue weighted by Gasteiger charge is -2.18. The first kappa shape index (κ1) is 17.7. The Morgan fingerprint density at radius 1 is 1.00 bits per heavy atom. The van der Waals surface area contributed by atoms with Crippen LogP contribution in [-0.2, 0) is 11.2 Å². The minimum atomic E-state index is -0.162. The van der Waals surface area contributed by atoms with Gasteiger partial charge in [-0.05, 0) is 31.2 Å². The van der Waals surface area contributed by atoms with E-state index in [9.17, 15) is 4.79 Å². The summed E-state index contributed by atoms with van der Waals surface area (Å²) in [6.07, 6.45) is 0.208. The molecule has 0 aliphatic rings. The number of amides is 1. The minimum absolute atomic E-state index is 0.0973. The summed E-state index contributed by atoms with van der Waals surface area (Å²) in [5.41, 5.74) is 1.72. The van der Waals surface area contributed by atoms with Gasteiger partial charge in [-0.2, -0.15) is 0 Å². The van der Waals surface area contributed by atoms with E-state index in [4.69, 9.17) is 14.2 Å². The van der Waals surface area contributed by atoms with Crippen LogP contribution in [0.4, 0.5) is 0 Å². The summed E-state index contributed by atoms with van der Waals surface area (Å²) in [5.74, 6) is 2.01. The number of carbonyl (C=O) groups is 1. The van der Waals surface area contributed by atoms with Crippen molar-refractivity contribution in [2.45, 2.75) is 19.4 Å². The zero-order valence-electron chi connectivity index (χ0n) is 14.5. The highest BCUT2D eigenvalue weighted by molar-refractivity contribution is 5.80. The first-order valence-corrected chi connectivity index (χ1v) is 7.72. The second-order valence-corrected chi connectivity index (χ2v) is 5.39. The summed E-state index contributed by atoms with van der Waals surface area (Å²) in [5, 5.41) is 2.99. The zero-order valence-corrected chi connectivity index (χ0v) is 14.5. The third kappa shape index (κ3) is 4.19. The van der Waals surface area contributed by atoms with Gasteiger partial charge in [-0.25, -0.2) is 0 Å². The standard InChI is InChI=1S/C19H23NO4/c1-13(16-7-5-6-8-18(16)24-4)20-19(21)12-14-11-15(22-2)9-10-17(14)23-3/h5-11,13H,12H2,1-4H3,(H,20,21). The van der Waals surface area contributed by atoms with Gasteiger partial charge in [0.1, 0.15) is 17.2 Å². The molecule has 1 amide bonds. The van der Waals surface area contributed by atoms with Gasteiger partial charge in [0.2, 0.25) is 5.91 Å². The SMILES string of the molecule is COc1ccc(OC)c(CC(=O)NC(C)c2ccccc2OC)c1. The van der Waals surface area contributed by atoms with Crippen molar-refractivity contribution < 1.29 is 19.0 Å². The molecule has 2 aromatic rings. The predicted molar refractivity (Wildman–Crippen MR) is 92.8 cm³/mol. The van der Waals surface area contributed by atoms with Crippen LogP contribution < -0.4 is 19.5 Å². The molecule has 0 aliphatic carbocycles. The summed E-state index contributed by atoms with van der Waals surface area (Å²) >= 11 is 0. The van der Waals surface area contributed by atoms with Gasteiger partial charge in [0.15, 0.2) is 0 Å². The van der Waals surface area contributed by atoms with E-state index in [1.165, 1.54) is 0 Å². The molecule has 0 aliphatic heterocycles. The maximum atomic E-state index is 12.4. The molecular weight excluding hydrogens is 306 g/mol. The molecule has 0 saturated carbocycles. The van der Waals surface area contributed by atoms with Crippen LogP contribution in [0.15, 0.2) is 42.5 Å². The van der Waals surface area contributed by atoms with Crippen LogP contribution in [0, 0.1) is 0 Å². The van der Waals surface area contributed by atoms with Crippen molar-refractivity contribution in [3.8, 4) is 17.2 Å². The molecule has 1 unspecified atom stereocenters. The van der Waals surface area contributed by atoms with E-state index in [0.29, 0.717) is 11.5 Å². The Morgan fingerprint density at radius 2 is 1.71 bits per heavy atom. The van der Waals surface area contributed by atoms with E-state index in [1.54, 1.807) is 33.5 Å². The average molecular weight is 329 g/mol. The number of hydrogen-bond acceptors (Lipinski definition) is 4. The Morgan fingerprint density at radius 3 is 2.38 bits per heavy atom. The van der Waals surface area contributed by atoms with Crippen molar-refractivity contribution in [3.05, 3.63) is 53.6 Å². The summed E-state index contributed by atoms with van der Waals surface area (Å²) in [7, 11) is 4.80. The number of benzene rings is 2. The van der Waals surface area contributed by atoms with Gasteiger partial charge in [-0.3, -0.25) is 4.79 Å². The second-order valence-electron chi connectivity index (χ2n) is 5.39. The molecule has 2 aromatic carbocycles. The highest BCUT2D eigenvalue weighted by atomic mass is 16.5. The normalized spacial score (nSPS) is 11.5. The van der Waals surface area contributed by atoms with Crippen molar-refractivity contribution in [2.75, 3.05) is 21.3 Å². The molecule has 5 heteroatoms. The number of methoxy groups -OCH3 is 3. The van der Waals surface area contributed by atoms with Crippen LogP contribution in [0.2, 0.25) is 0 Å². The fraction of sp³-hybridized carbons (Fsp3) is 0.316. The summed E-state index contributed by atoms with van der Waals surface area (Å²) in [4.78, 5) is 12.4. The molecule has 0 saturated heterocycles. The number of nitrogens with one attached hydrogen (secondary N) is 1. The van der Waals surface area contributed by atoms with Gasteiger partial charge in [-0.1, -0.05) is 18.2 Å². The molecule has 0 heterocycles. The molecule has 1 N–H and O–H groups in total. The highest BCUT2D eigenvalue weighted by Crippen LogP contribution is 2.26. The van der Waals surface area contributed by atoms with Crippen LogP contribution in [0.3, 0.4) is 0 Å². The second kappa shape index (κ2) is 8.24. The van der Waals surface area contributed by atoms with Gasteiger partial charge in [-0.15, -0.1) is 0 Å². The van der Waals surface area contributed by atoms with E-state index in [2.05, 4.69) is 5.32 Å². The lowest BCUT2D eigenvalue weighted by Crippen LogP contribution is -2.28. The Bertz CT molecular complexity index is 700. The van der Waals surface area contributed by atoms with Crippen LogP contribution >= 0.6 is 0 Å². The first-order chi connectivity index (χ1) is 11.6. The molecular formula is C19H23NO4. The van der Waals surface area contributed by atoms with E-state index in [1.807, 2.05) is 37.3 Å². The predicted octanol–water partition coefficient (Wildman–Crippen LogP) is 3.13. The Kier molecular flexibility index (Phi) is 6.07. The fourth-order valence-electron chi connectivity index (χ4n) is 2.59. The molecule has 1 atom stereocenters. The van der Waals surface area contributed by atoms with Crippen LogP contribution in [-0.4, -0.2) is 27.2 Å². The summed E-state index contributed by atoms with van der Waals surface area (Å²) in [6.45, 7) is 1.93. The van der Waals surface area contributed by atoms with Crippen molar-refractivity contribution in [1.82, 2.24) is 5.32 Å². The minimum Gasteiger partial charge on any atom is -0.497 e. The lowest BCUT2D eigenvalue weighted by atomic mass is 10.1. The summed E-state index contributed by atoms with van der Waals surface area (Å²) < 4.78 is 15.9. The summed E-state index contributed by atoms with van der Waals surface area (Å²) in [6, 6.07) is 12.9. The largest absolute Gasteiger partial charge is 0.497 e. The van der Waals surface area contributed by atoms with Crippen molar-refractivity contribution >= 4 is 5.91 Å². The topological polar surface area (TPSA) is 56.8 Å². The third-order valence-electron chi connectivity index (χ3n) is 3.82. The number of carbonyl (C=O) groups excluding carboxylic acids is 1. The molecule has 5 nitrogen and oxygen atoms in total. The maximum absolute atomic E-state index is 12.4. The average Bonchev–Trinajstić information content (AvgIpc) is 2.61. The lowest BCUT2D eigenvalue weighted by molar-refractivity contribution is -0.121. The van der Waals surface area contributed by atoms with Gasteiger partial charge in [0.05, 0.1) is 33.8 Å². The molecule has 24 heavy (non-hydrogen) atoms. The monoisotopic (exact) mass is 329 g/mol. The number of hydrogen-bond donors (Lipinski definition) is 1. The highest BCUT2D eigenvalue weighted by Gasteiger charge is 2.15. The molecule has 0 aromatic heterocycles. The van der Waals surface area contributed by atoms with E-state index >= 15 is 0 Å². The van der Waals surface area contributed by atoms with Gasteiger partial charge in [0, 0.05) is 11.1 Å². The Balaban J connectivity index is 2.10. The Hall–Kier alpha value is -2.69. The molecule has 0 spiro atoms. The first-order valence-electron chi connectivity index (χ1n) is 7.72. The zero-order chi connectivity index (χ0) is 17.5. The molecule has 0 radical (unpaired) electrons. The van der Waals surface area contributed by atoms with Crippen molar-refractivity contribution in [2.24, 2.45) is 0 Å². The van der Waals surface area contributed by atoms with Crippen molar-refractivity contribution in [3.63, 3.8) is 0 Å². The molecule has 0 bridgehead atoms. The number of rotatable bonds is 7. The number of ether oxygens (including phenoxy) is 3.